The summed E-state index contributed by atoms with van der Waals surface area (Å²) in [5.41, 5.74) is 0.336. The van der Waals surface area contributed by atoms with Crippen LogP contribution in [0.5, 0.6) is 5.75 Å². The van der Waals surface area contributed by atoms with E-state index < -0.39 is 5.56 Å². The maximum Gasteiger partial charge on any atom is 0.270 e. The number of hydrogen-bond acceptors (Lipinski definition) is 5. The summed E-state index contributed by atoms with van der Waals surface area (Å²) in [5, 5.41) is 10.0. The first-order valence-electron chi connectivity index (χ1n) is 6.22. The van der Waals surface area contributed by atoms with Crippen molar-refractivity contribution in [2.45, 2.75) is 12.1 Å². The van der Waals surface area contributed by atoms with Crippen molar-refractivity contribution in [2.75, 3.05) is 12.9 Å². The molecule has 2 rings (SSSR count). The monoisotopic (exact) mass is 399 g/mol. The Morgan fingerprint density at radius 3 is 2.82 bits per heavy atom. The topological polar surface area (TPSA) is 78.8 Å². The lowest BCUT2D eigenvalue weighted by Gasteiger charge is -2.11. The van der Waals surface area contributed by atoms with Crippen LogP contribution in [0.25, 0.3) is 11.3 Å². The van der Waals surface area contributed by atoms with Crippen molar-refractivity contribution in [3.8, 4) is 23.1 Å². The highest BCUT2D eigenvalue weighted by atomic mass is 79.9. The zero-order chi connectivity index (χ0) is 16.3. The van der Waals surface area contributed by atoms with Gasteiger partial charge in [-0.2, -0.15) is 5.26 Å². The molecule has 8 heteroatoms. The third-order valence-corrected chi connectivity index (χ3v) is 4.21. The molecule has 0 unspecified atom stereocenters. The van der Waals surface area contributed by atoms with E-state index >= 15 is 0 Å². The number of nitriles is 1. The normalized spacial score (nSPS) is 10.3. The van der Waals surface area contributed by atoms with E-state index in [9.17, 15) is 10.1 Å². The summed E-state index contributed by atoms with van der Waals surface area (Å²) < 4.78 is 6.08. The van der Waals surface area contributed by atoms with Gasteiger partial charge in [0.05, 0.1) is 21.8 Å². The van der Waals surface area contributed by atoms with Crippen molar-refractivity contribution in [2.24, 2.45) is 0 Å². The quantitative estimate of drug-likeness (QED) is 0.623. The fraction of sp³-hybridized carbons (Fsp3) is 0.214. The molecule has 22 heavy (non-hydrogen) atoms. The van der Waals surface area contributed by atoms with Gasteiger partial charge in [-0.1, -0.05) is 23.4 Å². The lowest BCUT2D eigenvalue weighted by atomic mass is 10.1. The van der Waals surface area contributed by atoms with E-state index in [0.29, 0.717) is 38.3 Å². The van der Waals surface area contributed by atoms with Crippen LogP contribution in [-0.4, -0.2) is 22.8 Å². The van der Waals surface area contributed by atoms with Gasteiger partial charge < -0.3 is 9.72 Å². The SMILES string of the molecule is CCOc1c(Cl)cc(-c2nc(SC)[nH]c(=O)c2C#N)cc1Br. The van der Waals surface area contributed by atoms with E-state index in [4.69, 9.17) is 16.3 Å². The Morgan fingerprint density at radius 1 is 1.55 bits per heavy atom. The molecule has 1 heterocycles. The molecule has 0 saturated heterocycles. The highest BCUT2D eigenvalue weighted by Crippen LogP contribution is 2.37. The van der Waals surface area contributed by atoms with Gasteiger partial charge in [-0.05, 0) is 41.2 Å². The molecule has 0 atom stereocenters. The first-order chi connectivity index (χ1) is 10.5. The minimum Gasteiger partial charge on any atom is -0.491 e. The van der Waals surface area contributed by atoms with Crippen LogP contribution in [0, 0.1) is 11.3 Å². The smallest absolute Gasteiger partial charge is 0.270 e. The summed E-state index contributed by atoms with van der Waals surface area (Å²) >= 11 is 10.9. The first-order valence-corrected chi connectivity index (χ1v) is 8.62. The van der Waals surface area contributed by atoms with Crippen LogP contribution in [0.4, 0.5) is 0 Å². The van der Waals surface area contributed by atoms with Crippen molar-refractivity contribution >= 4 is 39.3 Å². The highest BCUT2D eigenvalue weighted by Gasteiger charge is 2.17. The number of nitrogens with one attached hydrogen (secondary N) is 1. The van der Waals surface area contributed by atoms with Crippen molar-refractivity contribution in [3.63, 3.8) is 0 Å². The second-order valence-electron chi connectivity index (χ2n) is 4.11. The number of aromatic amines is 1. The predicted octanol–water partition coefficient (Wildman–Crippen LogP) is 3.85. The Balaban J connectivity index is 2.69. The average molecular weight is 401 g/mol. The Morgan fingerprint density at radius 2 is 2.27 bits per heavy atom. The van der Waals surface area contributed by atoms with E-state index in [2.05, 4.69) is 25.9 Å². The number of rotatable bonds is 4. The maximum atomic E-state index is 12.0. The van der Waals surface area contributed by atoms with Crippen LogP contribution in [0.3, 0.4) is 0 Å². The van der Waals surface area contributed by atoms with Crippen LogP contribution in [0.15, 0.2) is 26.6 Å². The third-order valence-electron chi connectivity index (χ3n) is 2.76. The zero-order valence-electron chi connectivity index (χ0n) is 11.7. The Bertz CT molecular complexity index is 794. The van der Waals surface area contributed by atoms with Gasteiger partial charge in [0.15, 0.2) is 10.9 Å². The van der Waals surface area contributed by atoms with E-state index in [1.54, 1.807) is 18.4 Å². The summed E-state index contributed by atoms with van der Waals surface area (Å²) in [7, 11) is 0. The predicted molar refractivity (Wildman–Crippen MR) is 90.7 cm³/mol. The highest BCUT2D eigenvalue weighted by molar-refractivity contribution is 9.10. The zero-order valence-corrected chi connectivity index (χ0v) is 14.9. The second kappa shape index (κ2) is 7.18. The molecule has 0 aliphatic heterocycles. The van der Waals surface area contributed by atoms with E-state index in [0.717, 1.165) is 0 Å². The fourth-order valence-corrected chi connectivity index (χ4v) is 3.18. The fourth-order valence-electron chi connectivity index (χ4n) is 1.84. The lowest BCUT2D eigenvalue weighted by Crippen LogP contribution is -2.14. The van der Waals surface area contributed by atoms with Crippen molar-refractivity contribution in [3.05, 3.63) is 37.5 Å². The van der Waals surface area contributed by atoms with Crippen molar-refractivity contribution in [1.82, 2.24) is 9.97 Å². The molecular weight excluding hydrogens is 390 g/mol. The van der Waals surface area contributed by atoms with Gasteiger partial charge in [-0.15, -0.1) is 0 Å². The number of nitrogens with zero attached hydrogens (tertiary/aromatic N) is 2. The molecule has 0 saturated carbocycles. The van der Waals surface area contributed by atoms with Gasteiger partial charge in [0, 0.05) is 5.56 Å². The number of hydrogen-bond donors (Lipinski definition) is 1. The number of aromatic nitrogens is 2. The van der Waals surface area contributed by atoms with Crippen LogP contribution in [0.2, 0.25) is 5.02 Å². The van der Waals surface area contributed by atoms with Crippen LogP contribution >= 0.6 is 39.3 Å². The number of ether oxygens (including phenoxy) is 1. The Kier molecular flexibility index (Phi) is 5.51. The summed E-state index contributed by atoms with van der Waals surface area (Å²) in [6.45, 7) is 2.33. The largest absolute Gasteiger partial charge is 0.491 e. The molecule has 0 amide bonds. The van der Waals surface area contributed by atoms with Gasteiger partial charge in [-0.25, -0.2) is 4.98 Å². The molecule has 0 fully saturated rings. The van der Waals surface area contributed by atoms with E-state index in [1.807, 2.05) is 13.0 Å². The standard InChI is InChI=1S/C14H11BrClN3O2S/c1-3-21-12-9(15)4-7(5-10(12)16)11-8(6-17)13(20)19-14(18-11)22-2/h4-5H,3H2,1-2H3,(H,18,19,20). The van der Waals surface area contributed by atoms with Crippen LogP contribution in [-0.2, 0) is 0 Å². The average Bonchev–Trinajstić information content (AvgIpc) is 2.49. The van der Waals surface area contributed by atoms with Crippen LogP contribution < -0.4 is 10.3 Å². The molecule has 114 valence electrons. The molecule has 2 aromatic rings. The van der Waals surface area contributed by atoms with Crippen LogP contribution in [0.1, 0.15) is 12.5 Å². The van der Waals surface area contributed by atoms with Gasteiger partial charge >= 0.3 is 0 Å². The maximum absolute atomic E-state index is 12.0. The molecule has 5 nitrogen and oxygen atoms in total. The molecule has 1 N–H and O–H groups in total. The molecule has 0 bridgehead atoms. The Hall–Kier alpha value is -1.49. The van der Waals surface area contributed by atoms with Gasteiger partial charge in [-0.3, -0.25) is 4.79 Å². The molecule has 0 radical (unpaired) electrons. The summed E-state index contributed by atoms with van der Waals surface area (Å²) in [5.74, 6) is 0.515. The third kappa shape index (κ3) is 3.29. The lowest BCUT2D eigenvalue weighted by molar-refractivity contribution is 0.338. The number of thioether (sulfide) groups is 1. The first kappa shape index (κ1) is 16.9. The molecule has 0 aliphatic carbocycles. The molecular formula is C14H11BrClN3O2S. The molecule has 1 aromatic carbocycles. The van der Waals surface area contributed by atoms with Crippen molar-refractivity contribution < 1.29 is 4.74 Å². The summed E-state index contributed by atoms with van der Waals surface area (Å²) in [6.07, 6.45) is 1.79. The molecule has 1 aromatic heterocycles. The van der Waals surface area contributed by atoms with Gasteiger partial charge in [0.2, 0.25) is 0 Å². The van der Waals surface area contributed by atoms with E-state index in [-0.39, 0.29) is 5.56 Å². The number of halogens is 2. The van der Waals surface area contributed by atoms with Gasteiger partial charge in [0.1, 0.15) is 11.6 Å². The Labute approximate surface area is 144 Å². The molecule has 0 spiro atoms. The number of benzene rings is 1. The summed E-state index contributed by atoms with van der Waals surface area (Å²) in [6, 6.07) is 5.24. The number of H-pyrrole nitrogens is 1. The van der Waals surface area contributed by atoms with Crippen molar-refractivity contribution in [1.29, 1.82) is 5.26 Å². The molecule has 0 aliphatic rings. The second-order valence-corrected chi connectivity index (χ2v) is 6.17. The minimum absolute atomic E-state index is 0.0510. The van der Waals surface area contributed by atoms with Gasteiger partial charge in [0.25, 0.3) is 5.56 Å². The summed E-state index contributed by atoms with van der Waals surface area (Å²) in [4.78, 5) is 18.8. The minimum atomic E-state index is -0.474. The van der Waals surface area contributed by atoms with E-state index in [1.165, 1.54) is 11.8 Å².